The summed E-state index contributed by atoms with van der Waals surface area (Å²) in [7, 11) is 0. The van der Waals surface area contributed by atoms with E-state index in [9.17, 15) is 4.39 Å². The summed E-state index contributed by atoms with van der Waals surface area (Å²) < 4.78 is 19.0. The van der Waals surface area contributed by atoms with Crippen molar-refractivity contribution in [2.45, 2.75) is 0 Å². The van der Waals surface area contributed by atoms with E-state index in [1.165, 1.54) is 24.7 Å². The molecule has 0 radical (unpaired) electrons. The molecule has 2 heterocycles. The molecule has 2 aromatic heterocycles. The van der Waals surface area contributed by atoms with Crippen LogP contribution in [0.5, 0.6) is 0 Å². The van der Waals surface area contributed by atoms with Gasteiger partial charge in [0.15, 0.2) is 5.82 Å². The van der Waals surface area contributed by atoms with Crippen molar-refractivity contribution in [2.75, 3.05) is 5.73 Å². The number of aromatic nitrogens is 2. The van der Waals surface area contributed by atoms with Gasteiger partial charge in [0.05, 0.1) is 28.8 Å². The van der Waals surface area contributed by atoms with Gasteiger partial charge in [-0.15, -0.1) is 0 Å². The Balaban J connectivity index is 2.29. The predicted octanol–water partition coefficient (Wildman–Crippen LogP) is 3.71. The second-order valence-corrected chi connectivity index (χ2v) is 4.37. The van der Waals surface area contributed by atoms with Crippen molar-refractivity contribution < 1.29 is 8.81 Å². The Morgan fingerprint density at radius 2 is 2.11 bits per heavy atom. The van der Waals surface area contributed by atoms with Crippen LogP contribution in [-0.2, 0) is 0 Å². The van der Waals surface area contributed by atoms with Crippen molar-refractivity contribution in [3.8, 4) is 22.4 Å². The summed E-state index contributed by atoms with van der Waals surface area (Å²) in [4.78, 5) is 0. The maximum absolute atomic E-state index is 14.0. The van der Waals surface area contributed by atoms with Gasteiger partial charge in [-0.2, -0.15) is 5.10 Å². The summed E-state index contributed by atoms with van der Waals surface area (Å²) in [6.45, 7) is 0. The summed E-state index contributed by atoms with van der Waals surface area (Å²) in [5.41, 5.74) is 7.77. The van der Waals surface area contributed by atoms with E-state index in [4.69, 9.17) is 21.8 Å². The van der Waals surface area contributed by atoms with Crippen LogP contribution in [0.1, 0.15) is 0 Å². The third kappa shape index (κ3) is 1.88. The molecular formula is C13H9ClFN3O. The van der Waals surface area contributed by atoms with E-state index >= 15 is 0 Å². The van der Waals surface area contributed by atoms with Crippen LogP contribution in [0, 0.1) is 5.82 Å². The molecule has 96 valence electrons. The highest BCUT2D eigenvalue weighted by Crippen LogP contribution is 2.39. The van der Waals surface area contributed by atoms with E-state index < -0.39 is 5.82 Å². The smallest absolute Gasteiger partial charge is 0.153 e. The van der Waals surface area contributed by atoms with Gasteiger partial charge in [0.1, 0.15) is 5.82 Å². The number of nitrogens with one attached hydrogen (secondary N) is 1. The normalized spacial score (nSPS) is 10.8. The molecule has 4 nitrogen and oxygen atoms in total. The lowest BCUT2D eigenvalue weighted by molar-refractivity contribution is 0.568. The van der Waals surface area contributed by atoms with Crippen LogP contribution in [0.2, 0.25) is 5.02 Å². The monoisotopic (exact) mass is 277 g/mol. The first-order valence-corrected chi connectivity index (χ1v) is 5.87. The molecule has 0 amide bonds. The van der Waals surface area contributed by atoms with Crippen LogP contribution < -0.4 is 5.73 Å². The van der Waals surface area contributed by atoms with Crippen LogP contribution in [0.3, 0.4) is 0 Å². The maximum Gasteiger partial charge on any atom is 0.153 e. The predicted molar refractivity (Wildman–Crippen MR) is 71.1 cm³/mol. The highest BCUT2D eigenvalue weighted by atomic mass is 35.5. The van der Waals surface area contributed by atoms with Gasteiger partial charge in [0, 0.05) is 11.1 Å². The standard InChI is InChI=1S/C13H9ClFN3O/c14-8-2-1-3-9(15)10(8)11-12(17-18-13(11)16)7-4-5-19-6-7/h1-6H,(H3,16,17,18). The highest BCUT2D eigenvalue weighted by molar-refractivity contribution is 6.33. The van der Waals surface area contributed by atoms with Gasteiger partial charge in [0.25, 0.3) is 0 Å². The molecular weight excluding hydrogens is 269 g/mol. The van der Waals surface area contributed by atoms with Crippen LogP contribution in [-0.4, -0.2) is 10.2 Å². The van der Waals surface area contributed by atoms with Gasteiger partial charge in [-0.1, -0.05) is 17.7 Å². The summed E-state index contributed by atoms with van der Waals surface area (Å²) in [5.74, 6) is -0.270. The van der Waals surface area contributed by atoms with Crippen molar-refractivity contribution >= 4 is 17.4 Å². The van der Waals surface area contributed by atoms with E-state index in [2.05, 4.69) is 10.2 Å². The number of furan rings is 1. The number of H-pyrrole nitrogens is 1. The second kappa shape index (κ2) is 4.44. The lowest BCUT2D eigenvalue weighted by Gasteiger charge is -2.06. The van der Waals surface area contributed by atoms with Crippen molar-refractivity contribution in [1.29, 1.82) is 0 Å². The molecule has 0 aliphatic rings. The Morgan fingerprint density at radius 1 is 1.26 bits per heavy atom. The number of anilines is 1. The van der Waals surface area contributed by atoms with Gasteiger partial charge >= 0.3 is 0 Å². The molecule has 0 saturated heterocycles. The average Bonchev–Trinajstić information content (AvgIpc) is 2.99. The average molecular weight is 278 g/mol. The molecule has 0 atom stereocenters. The van der Waals surface area contributed by atoms with Gasteiger partial charge in [0.2, 0.25) is 0 Å². The van der Waals surface area contributed by atoms with Gasteiger partial charge in [-0.25, -0.2) is 4.39 Å². The summed E-state index contributed by atoms with van der Waals surface area (Å²) in [6.07, 6.45) is 3.03. The molecule has 3 N–H and O–H groups in total. The molecule has 1 aromatic carbocycles. The molecule has 6 heteroatoms. The van der Waals surface area contributed by atoms with Gasteiger partial charge < -0.3 is 10.2 Å². The number of hydrogen-bond acceptors (Lipinski definition) is 3. The lowest BCUT2D eigenvalue weighted by atomic mass is 10.0. The quantitative estimate of drug-likeness (QED) is 0.750. The Morgan fingerprint density at radius 3 is 2.79 bits per heavy atom. The minimum absolute atomic E-state index is 0.184. The van der Waals surface area contributed by atoms with E-state index in [0.29, 0.717) is 11.3 Å². The number of halogens is 2. The number of nitrogen functional groups attached to an aromatic ring is 1. The van der Waals surface area contributed by atoms with Crippen molar-refractivity contribution in [3.05, 3.63) is 47.6 Å². The molecule has 0 aliphatic heterocycles. The molecule has 0 unspecified atom stereocenters. The molecule has 19 heavy (non-hydrogen) atoms. The molecule has 0 aliphatic carbocycles. The fourth-order valence-corrected chi connectivity index (χ4v) is 2.22. The largest absolute Gasteiger partial charge is 0.472 e. The van der Waals surface area contributed by atoms with E-state index in [-0.39, 0.29) is 16.4 Å². The third-order valence-corrected chi connectivity index (χ3v) is 3.13. The molecule has 0 spiro atoms. The molecule has 0 fully saturated rings. The Kier molecular flexibility index (Phi) is 2.76. The highest BCUT2D eigenvalue weighted by Gasteiger charge is 2.20. The van der Waals surface area contributed by atoms with Crippen LogP contribution in [0.25, 0.3) is 22.4 Å². The van der Waals surface area contributed by atoms with E-state index in [0.717, 1.165) is 5.56 Å². The fraction of sp³-hybridized carbons (Fsp3) is 0. The Hall–Kier alpha value is -2.27. The van der Waals surface area contributed by atoms with Gasteiger partial charge in [-0.3, -0.25) is 5.10 Å². The third-order valence-electron chi connectivity index (χ3n) is 2.82. The Bertz CT molecular complexity index is 701. The minimum Gasteiger partial charge on any atom is -0.472 e. The number of nitrogens with zero attached hydrogens (tertiary/aromatic N) is 1. The topological polar surface area (TPSA) is 67.8 Å². The summed E-state index contributed by atoms with van der Waals surface area (Å²) in [5, 5.41) is 6.96. The van der Waals surface area contributed by atoms with E-state index in [1.807, 2.05) is 0 Å². The number of hydrogen-bond donors (Lipinski definition) is 2. The van der Waals surface area contributed by atoms with Crippen LogP contribution in [0.15, 0.2) is 41.2 Å². The summed E-state index contributed by atoms with van der Waals surface area (Å²) >= 11 is 6.07. The van der Waals surface area contributed by atoms with Crippen molar-refractivity contribution in [1.82, 2.24) is 10.2 Å². The fourth-order valence-electron chi connectivity index (χ4n) is 1.96. The van der Waals surface area contributed by atoms with Gasteiger partial charge in [-0.05, 0) is 18.2 Å². The maximum atomic E-state index is 14.0. The van der Waals surface area contributed by atoms with Crippen molar-refractivity contribution in [2.24, 2.45) is 0 Å². The van der Waals surface area contributed by atoms with Crippen LogP contribution >= 0.6 is 11.6 Å². The van der Waals surface area contributed by atoms with Crippen LogP contribution in [0.4, 0.5) is 10.2 Å². The lowest BCUT2D eigenvalue weighted by Crippen LogP contribution is -1.92. The molecule has 0 saturated carbocycles. The first-order chi connectivity index (χ1) is 9.18. The minimum atomic E-state index is -0.453. The number of nitrogens with two attached hydrogens (primary N) is 1. The zero-order valence-electron chi connectivity index (χ0n) is 9.65. The first-order valence-electron chi connectivity index (χ1n) is 5.49. The second-order valence-electron chi connectivity index (χ2n) is 3.97. The summed E-state index contributed by atoms with van der Waals surface area (Å²) in [6, 6.07) is 6.19. The Labute approximate surface area is 113 Å². The number of aromatic amines is 1. The zero-order chi connectivity index (χ0) is 13.4. The SMILES string of the molecule is Nc1n[nH]c(-c2ccoc2)c1-c1c(F)cccc1Cl. The van der Waals surface area contributed by atoms with E-state index in [1.54, 1.807) is 12.1 Å². The molecule has 3 rings (SSSR count). The number of rotatable bonds is 2. The first kappa shape index (κ1) is 11.8. The molecule has 0 bridgehead atoms. The molecule has 3 aromatic rings. The van der Waals surface area contributed by atoms with Crippen molar-refractivity contribution in [3.63, 3.8) is 0 Å². The zero-order valence-corrected chi connectivity index (χ0v) is 10.4. The number of benzene rings is 1.